The van der Waals surface area contributed by atoms with Crippen LogP contribution >= 0.6 is 0 Å². The van der Waals surface area contributed by atoms with E-state index < -0.39 is 0 Å². The molecule has 1 amide bonds. The minimum Gasteiger partial charge on any atom is -0.362 e. The van der Waals surface area contributed by atoms with Gasteiger partial charge in [-0.1, -0.05) is 0 Å². The summed E-state index contributed by atoms with van der Waals surface area (Å²) in [5.41, 5.74) is 0. The van der Waals surface area contributed by atoms with Gasteiger partial charge in [0.1, 0.15) is 6.33 Å². The average Bonchev–Trinajstić information content (AvgIpc) is 2.08. The zero-order valence-corrected chi connectivity index (χ0v) is 5.69. The monoisotopic (exact) mass is 139 g/mol. The summed E-state index contributed by atoms with van der Waals surface area (Å²) in [6, 6.07) is 1.78. The molecule has 1 aromatic heterocycles. The van der Waals surface area contributed by atoms with E-state index in [1.807, 2.05) is 0 Å². The molecule has 0 aliphatic carbocycles. The summed E-state index contributed by atoms with van der Waals surface area (Å²) in [6.07, 6.45) is 5.50. The highest BCUT2D eigenvalue weighted by molar-refractivity contribution is 5.44. The Bertz CT molecular complexity index is 128. The van der Waals surface area contributed by atoms with E-state index in [1.165, 1.54) is 6.33 Å². The zero-order chi connectivity index (χ0) is 7.66. The highest BCUT2D eigenvalue weighted by Gasteiger charge is 1.59. The second kappa shape index (κ2) is 7.55. The Morgan fingerprint density at radius 3 is 2.00 bits per heavy atom. The maximum atomic E-state index is 9.06. The molecular formula is C6H9N3O. The van der Waals surface area contributed by atoms with Gasteiger partial charge in [0.25, 0.3) is 0 Å². The number of carbonyl (C=O) groups is 1. The Kier molecular flexibility index (Phi) is 6.46. The van der Waals surface area contributed by atoms with Crippen molar-refractivity contribution < 1.29 is 4.79 Å². The molecule has 0 spiro atoms. The Hall–Kier alpha value is -1.45. The molecule has 0 radical (unpaired) electrons. The standard InChI is InChI=1S/C4H4N2.C2H5NO/c1-2-5-4-6-3-1;1-3-2-4/h1-4H;2H,1H3,(H,3,4). The first-order valence-corrected chi connectivity index (χ1v) is 2.72. The van der Waals surface area contributed by atoms with Crippen molar-refractivity contribution in [2.75, 3.05) is 7.05 Å². The molecule has 4 heteroatoms. The smallest absolute Gasteiger partial charge is 0.206 e. The number of nitrogens with zero attached hydrogens (tertiary/aromatic N) is 2. The minimum atomic E-state index is 0.625. The van der Waals surface area contributed by atoms with Crippen molar-refractivity contribution >= 4 is 6.41 Å². The van der Waals surface area contributed by atoms with E-state index in [1.54, 1.807) is 25.5 Å². The molecule has 0 atom stereocenters. The number of amides is 1. The fraction of sp³-hybridized carbons (Fsp3) is 0.167. The van der Waals surface area contributed by atoms with Gasteiger partial charge >= 0.3 is 0 Å². The summed E-state index contributed by atoms with van der Waals surface area (Å²) in [5.74, 6) is 0. The lowest BCUT2D eigenvalue weighted by Gasteiger charge is -1.70. The molecule has 0 aliphatic heterocycles. The third-order valence-corrected chi connectivity index (χ3v) is 0.595. The summed E-state index contributed by atoms with van der Waals surface area (Å²) >= 11 is 0. The van der Waals surface area contributed by atoms with E-state index in [9.17, 15) is 0 Å². The van der Waals surface area contributed by atoms with Crippen LogP contribution in [0.4, 0.5) is 0 Å². The van der Waals surface area contributed by atoms with Gasteiger partial charge in [-0.2, -0.15) is 0 Å². The quantitative estimate of drug-likeness (QED) is 0.550. The van der Waals surface area contributed by atoms with Crippen molar-refractivity contribution in [3.8, 4) is 0 Å². The van der Waals surface area contributed by atoms with E-state index >= 15 is 0 Å². The number of carbonyl (C=O) groups excluding carboxylic acids is 1. The fourth-order valence-corrected chi connectivity index (χ4v) is 0.253. The molecule has 1 N–H and O–H groups in total. The molecule has 0 bridgehead atoms. The van der Waals surface area contributed by atoms with Gasteiger partial charge in [0.15, 0.2) is 0 Å². The first-order valence-electron chi connectivity index (χ1n) is 2.72. The summed E-state index contributed by atoms with van der Waals surface area (Å²) in [5, 5.41) is 2.25. The summed E-state index contributed by atoms with van der Waals surface area (Å²) in [6.45, 7) is 0. The molecule has 0 saturated carbocycles. The molecule has 0 aromatic carbocycles. The van der Waals surface area contributed by atoms with E-state index in [0.29, 0.717) is 6.41 Å². The van der Waals surface area contributed by atoms with E-state index in [2.05, 4.69) is 15.3 Å². The normalized spacial score (nSPS) is 6.90. The lowest BCUT2D eigenvalue weighted by Crippen LogP contribution is -1.98. The highest BCUT2D eigenvalue weighted by atomic mass is 16.1. The Morgan fingerprint density at radius 2 is 1.90 bits per heavy atom. The van der Waals surface area contributed by atoms with Crippen LogP contribution in [0.3, 0.4) is 0 Å². The number of hydrogen-bond donors (Lipinski definition) is 1. The topological polar surface area (TPSA) is 54.9 Å². The first-order chi connectivity index (χ1) is 4.91. The van der Waals surface area contributed by atoms with Crippen LogP contribution in [0.2, 0.25) is 0 Å². The van der Waals surface area contributed by atoms with Crippen molar-refractivity contribution in [2.24, 2.45) is 0 Å². The summed E-state index contributed by atoms with van der Waals surface area (Å²) in [7, 11) is 1.56. The van der Waals surface area contributed by atoms with Gasteiger partial charge in [0, 0.05) is 19.4 Å². The molecular weight excluding hydrogens is 130 g/mol. The van der Waals surface area contributed by atoms with Crippen molar-refractivity contribution in [1.82, 2.24) is 15.3 Å². The molecule has 1 heterocycles. The first kappa shape index (κ1) is 8.55. The van der Waals surface area contributed by atoms with Crippen LogP contribution in [0.1, 0.15) is 0 Å². The Balaban J connectivity index is 0.000000180. The van der Waals surface area contributed by atoms with Crippen LogP contribution in [0.5, 0.6) is 0 Å². The van der Waals surface area contributed by atoms with Crippen LogP contribution < -0.4 is 5.32 Å². The van der Waals surface area contributed by atoms with Crippen molar-refractivity contribution in [3.63, 3.8) is 0 Å². The summed E-state index contributed by atoms with van der Waals surface area (Å²) in [4.78, 5) is 16.4. The van der Waals surface area contributed by atoms with Gasteiger partial charge in [-0.3, -0.25) is 4.79 Å². The third kappa shape index (κ3) is 6.55. The molecule has 0 fully saturated rings. The van der Waals surface area contributed by atoms with Crippen molar-refractivity contribution in [1.29, 1.82) is 0 Å². The Labute approximate surface area is 59.3 Å². The van der Waals surface area contributed by atoms with E-state index in [0.717, 1.165) is 0 Å². The molecule has 1 rings (SSSR count). The Morgan fingerprint density at radius 1 is 1.40 bits per heavy atom. The molecule has 0 unspecified atom stereocenters. The number of nitrogens with one attached hydrogen (secondary N) is 1. The second-order valence-electron chi connectivity index (χ2n) is 1.31. The van der Waals surface area contributed by atoms with Gasteiger partial charge in [0.2, 0.25) is 6.41 Å². The highest BCUT2D eigenvalue weighted by Crippen LogP contribution is 1.66. The van der Waals surface area contributed by atoms with Crippen LogP contribution in [-0.4, -0.2) is 23.4 Å². The molecule has 1 aromatic rings. The third-order valence-electron chi connectivity index (χ3n) is 0.595. The molecule has 0 saturated heterocycles. The maximum absolute atomic E-state index is 9.06. The predicted molar refractivity (Wildman–Crippen MR) is 37.2 cm³/mol. The van der Waals surface area contributed by atoms with Gasteiger partial charge in [-0.05, 0) is 6.07 Å². The molecule has 4 nitrogen and oxygen atoms in total. The second-order valence-corrected chi connectivity index (χ2v) is 1.31. The molecule has 0 aliphatic rings. The fourth-order valence-electron chi connectivity index (χ4n) is 0.253. The van der Waals surface area contributed by atoms with E-state index in [-0.39, 0.29) is 0 Å². The number of rotatable bonds is 1. The van der Waals surface area contributed by atoms with Crippen LogP contribution in [-0.2, 0) is 4.79 Å². The summed E-state index contributed by atoms with van der Waals surface area (Å²) < 4.78 is 0. The van der Waals surface area contributed by atoms with Crippen LogP contribution in [0, 0.1) is 0 Å². The van der Waals surface area contributed by atoms with Crippen molar-refractivity contribution in [2.45, 2.75) is 0 Å². The number of aromatic nitrogens is 2. The number of hydrogen-bond acceptors (Lipinski definition) is 3. The van der Waals surface area contributed by atoms with Gasteiger partial charge in [-0.25, -0.2) is 9.97 Å². The predicted octanol–water partition coefficient (Wildman–Crippen LogP) is -0.161. The SMILES string of the molecule is CNC=O.c1cncnc1. The van der Waals surface area contributed by atoms with Gasteiger partial charge in [0.05, 0.1) is 0 Å². The minimum absolute atomic E-state index is 0.625. The van der Waals surface area contributed by atoms with Crippen LogP contribution in [0.15, 0.2) is 24.8 Å². The largest absolute Gasteiger partial charge is 0.362 e. The maximum Gasteiger partial charge on any atom is 0.206 e. The zero-order valence-electron chi connectivity index (χ0n) is 5.69. The van der Waals surface area contributed by atoms with Crippen molar-refractivity contribution in [3.05, 3.63) is 24.8 Å². The lowest BCUT2D eigenvalue weighted by molar-refractivity contribution is -0.109. The van der Waals surface area contributed by atoms with E-state index in [4.69, 9.17) is 4.79 Å². The van der Waals surface area contributed by atoms with Crippen LogP contribution in [0.25, 0.3) is 0 Å². The molecule has 54 valence electrons. The van der Waals surface area contributed by atoms with Gasteiger partial charge < -0.3 is 5.32 Å². The lowest BCUT2D eigenvalue weighted by atomic mass is 10.7. The average molecular weight is 139 g/mol. The molecule has 10 heavy (non-hydrogen) atoms. The van der Waals surface area contributed by atoms with Gasteiger partial charge in [-0.15, -0.1) is 0 Å².